The van der Waals surface area contributed by atoms with Crippen molar-refractivity contribution in [1.82, 2.24) is 4.37 Å². The normalized spacial score (nSPS) is 10.6. The maximum Gasteiger partial charge on any atom is 0.207 e. The van der Waals surface area contributed by atoms with Gasteiger partial charge in [-0.05, 0) is 41.2 Å². The van der Waals surface area contributed by atoms with Gasteiger partial charge in [0.1, 0.15) is 0 Å². The molecular weight excluding hydrogens is 374 g/mol. The Labute approximate surface area is 170 Å². The summed E-state index contributed by atoms with van der Waals surface area (Å²) in [6.07, 6.45) is 2.24. The highest BCUT2D eigenvalue weighted by Gasteiger charge is 2.23. The molecule has 0 bridgehead atoms. The summed E-state index contributed by atoms with van der Waals surface area (Å²) in [6.45, 7) is 2.19. The maximum absolute atomic E-state index is 5.63. The molecule has 0 aliphatic rings. The van der Waals surface area contributed by atoms with E-state index in [0.29, 0.717) is 23.0 Å². The highest BCUT2D eigenvalue weighted by molar-refractivity contribution is 7.09. The van der Waals surface area contributed by atoms with Crippen LogP contribution in [0.3, 0.4) is 0 Å². The van der Waals surface area contributed by atoms with Gasteiger partial charge in [0.25, 0.3) is 0 Å². The lowest BCUT2D eigenvalue weighted by molar-refractivity contribution is 0.306. The summed E-state index contributed by atoms with van der Waals surface area (Å²) in [5, 5.41) is 0. The van der Waals surface area contributed by atoms with E-state index in [1.165, 1.54) is 17.1 Å². The van der Waals surface area contributed by atoms with Crippen molar-refractivity contribution in [1.29, 1.82) is 0 Å². The van der Waals surface area contributed by atoms with Crippen molar-refractivity contribution in [2.24, 2.45) is 0 Å². The Morgan fingerprint density at radius 1 is 0.821 bits per heavy atom. The SMILES string of the molecule is CCCc1ccc(-c2cc(-c3cc(OC)c(OC)c(OC)c3OC)ns2)cc1. The fourth-order valence-electron chi connectivity index (χ4n) is 3.19. The number of methoxy groups -OCH3 is 4. The van der Waals surface area contributed by atoms with Crippen LogP contribution >= 0.6 is 11.5 Å². The number of aryl methyl sites for hydroxylation is 1. The molecule has 1 aromatic heterocycles. The highest BCUT2D eigenvalue weighted by Crippen LogP contribution is 2.50. The van der Waals surface area contributed by atoms with E-state index >= 15 is 0 Å². The molecule has 148 valence electrons. The first-order valence-corrected chi connectivity index (χ1v) is 9.87. The number of aromatic nitrogens is 1. The molecule has 0 saturated carbocycles. The van der Waals surface area contributed by atoms with E-state index in [0.717, 1.165) is 34.5 Å². The highest BCUT2D eigenvalue weighted by atomic mass is 32.1. The van der Waals surface area contributed by atoms with Gasteiger partial charge >= 0.3 is 0 Å². The Bertz CT molecular complexity index is 934. The van der Waals surface area contributed by atoms with Gasteiger partial charge < -0.3 is 18.9 Å². The number of hydrogen-bond donors (Lipinski definition) is 0. The topological polar surface area (TPSA) is 49.8 Å². The first-order valence-electron chi connectivity index (χ1n) is 9.10. The van der Waals surface area contributed by atoms with Gasteiger partial charge in [-0.3, -0.25) is 0 Å². The van der Waals surface area contributed by atoms with Gasteiger partial charge in [0.2, 0.25) is 11.5 Å². The number of nitrogens with zero attached hydrogens (tertiary/aromatic N) is 1. The fraction of sp³-hybridized carbons (Fsp3) is 0.318. The molecule has 28 heavy (non-hydrogen) atoms. The van der Waals surface area contributed by atoms with Gasteiger partial charge in [-0.15, -0.1) is 0 Å². The first-order chi connectivity index (χ1) is 13.7. The molecule has 0 saturated heterocycles. The molecule has 0 aliphatic heterocycles. The van der Waals surface area contributed by atoms with Gasteiger partial charge in [0, 0.05) is 0 Å². The van der Waals surface area contributed by atoms with Crippen molar-refractivity contribution in [2.45, 2.75) is 19.8 Å². The molecule has 6 heteroatoms. The minimum absolute atomic E-state index is 0.484. The molecule has 0 amide bonds. The molecule has 0 fully saturated rings. The van der Waals surface area contributed by atoms with Crippen molar-refractivity contribution < 1.29 is 18.9 Å². The smallest absolute Gasteiger partial charge is 0.207 e. The third kappa shape index (κ3) is 3.78. The van der Waals surface area contributed by atoms with Gasteiger partial charge in [-0.1, -0.05) is 37.6 Å². The van der Waals surface area contributed by atoms with Crippen molar-refractivity contribution in [2.75, 3.05) is 28.4 Å². The zero-order chi connectivity index (χ0) is 20.1. The molecule has 5 nitrogen and oxygen atoms in total. The second-order valence-corrected chi connectivity index (χ2v) is 7.05. The summed E-state index contributed by atoms with van der Waals surface area (Å²) in [6, 6.07) is 12.6. The van der Waals surface area contributed by atoms with Crippen LogP contribution in [0.2, 0.25) is 0 Å². The standard InChI is InChI=1S/C22H25NO4S/c1-6-7-14-8-10-15(11-9-14)19-13-17(23-28-19)16-12-18(24-2)21(26-4)22(27-5)20(16)25-3/h8-13H,6-7H2,1-5H3. The van der Waals surface area contributed by atoms with E-state index in [-0.39, 0.29) is 0 Å². The third-order valence-corrected chi connectivity index (χ3v) is 5.39. The molecule has 3 aromatic rings. The molecule has 0 unspecified atom stereocenters. The third-order valence-electron chi connectivity index (χ3n) is 4.55. The summed E-state index contributed by atoms with van der Waals surface area (Å²) in [7, 11) is 6.35. The van der Waals surface area contributed by atoms with E-state index in [1.807, 2.05) is 6.07 Å². The van der Waals surface area contributed by atoms with Crippen LogP contribution in [0.5, 0.6) is 23.0 Å². The quantitative estimate of drug-likeness (QED) is 0.503. The van der Waals surface area contributed by atoms with Crippen LogP contribution in [0, 0.1) is 0 Å². The Kier molecular flexibility index (Phi) is 6.41. The largest absolute Gasteiger partial charge is 0.493 e. The molecule has 0 spiro atoms. The zero-order valence-corrected chi connectivity index (χ0v) is 17.7. The number of hydrogen-bond acceptors (Lipinski definition) is 6. The number of benzene rings is 2. The number of ether oxygens (including phenoxy) is 4. The Morgan fingerprint density at radius 2 is 1.50 bits per heavy atom. The van der Waals surface area contributed by atoms with Gasteiger partial charge in [-0.2, -0.15) is 4.37 Å². The average molecular weight is 400 g/mol. The molecule has 0 radical (unpaired) electrons. The summed E-state index contributed by atoms with van der Waals surface area (Å²) >= 11 is 1.45. The zero-order valence-electron chi connectivity index (χ0n) is 16.9. The predicted octanol–water partition coefficient (Wildman–Crippen LogP) is 5.46. The van der Waals surface area contributed by atoms with Gasteiger partial charge in [0.15, 0.2) is 11.5 Å². The Balaban J connectivity index is 2.05. The van der Waals surface area contributed by atoms with E-state index in [4.69, 9.17) is 18.9 Å². The maximum atomic E-state index is 5.63. The first kappa shape index (κ1) is 20.0. The molecule has 0 N–H and O–H groups in total. The Hall–Kier alpha value is -2.73. The van der Waals surface area contributed by atoms with E-state index in [1.54, 1.807) is 28.4 Å². The summed E-state index contributed by atoms with van der Waals surface area (Å²) in [4.78, 5) is 1.09. The van der Waals surface area contributed by atoms with E-state index in [2.05, 4.69) is 41.6 Å². The predicted molar refractivity (Wildman–Crippen MR) is 113 cm³/mol. The Morgan fingerprint density at radius 3 is 2.07 bits per heavy atom. The number of rotatable bonds is 8. The summed E-state index contributed by atoms with van der Waals surface area (Å²) in [5.74, 6) is 2.11. The summed E-state index contributed by atoms with van der Waals surface area (Å²) in [5.41, 5.74) is 4.09. The lowest BCUT2D eigenvalue weighted by Crippen LogP contribution is -1.99. The van der Waals surface area contributed by atoms with Crippen LogP contribution in [-0.2, 0) is 6.42 Å². The molecule has 1 heterocycles. The lowest BCUT2D eigenvalue weighted by Gasteiger charge is -2.17. The van der Waals surface area contributed by atoms with Crippen LogP contribution in [0.1, 0.15) is 18.9 Å². The van der Waals surface area contributed by atoms with Gasteiger partial charge in [-0.25, -0.2) is 0 Å². The van der Waals surface area contributed by atoms with E-state index < -0.39 is 0 Å². The fourth-order valence-corrected chi connectivity index (χ4v) is 3.94. The molecule has 2 aromatic carbocycles. The minimum Gasteiger partial charge on any atom is -0.493 e. The van der Waals surface area contributed by atoms with Crippen molar-refractivity contribution in [3.05, 3.63) is 42.0 Å². The monoisotopic (exact) mass is 399 g/mol. The van der Waals surface area contributed by atoms with Crippen molar-refractivity contribution in [3.8, 4) is 44.7 Å². The van der Waals surface area contributed by atoms with Crippen LogP contribution < -0.4 is 18.9 Å². The van der Waals surface area contributed by atoms with Gasteiger partial charge in [0.05, 0.1) is 44.6 Å². The molecule has 0 aliphatic carbocycles. The van der Waals surface area contributed by atoms with Crippen molar-refractivity contribution >= 4 is 11.5 Å². The minimum atomic E-state index is 0.484. The van der Waals surface area contributed by atoms with Crippen LogP contribution in [-0.4, -0.2) is 32.8 Å². The second-order valence-electron chi connectivity index (χ2n) is 6.25. The summed E-state index contributed by atoms with van der Waals surface area (Å²) < 4.78 is 26.7. The molecule has 3 rings (SSSR count). The average Bonchev–Trinajstić information content (AvgIpc) is 3.22. The van der Waals surface area contributed by atoms with Crippen LogP contribution in [0.4, 0.5) is 0 Å². The van der Waals surface area contributed by atoms with Crippen molar-refractivity contribution in [3.63, 3.8) is 0 Å². The van der Waals surface area contributed by atoms with E-state index in [9.17, 15) is 0 Å². The molecule has 0 atom stereocenters. The second kappa shape index (κ2) is 8.97. The molecular formula is C22H25NO4S. The lowest BCUT2D eigenvalue weighted by atomic mass is 10.0. The van der Waals surface area contributed by atoms with Crippen LogP contribution in [0.15, 0.2) is 36.4 Å². The van der Waals surface area contributed by atoms with Crippen LogP contribution in [0.25, 0.3) is 21.7 Å².